The molecule has 2 heterocycles. The van der Waals surface area contributed by atoms with Crippen LogP contribution in [0.2, 0.25) is 5.02 Å². The van der Waals surface area contributed by atoms with Crippen molar-refractivity contribution >= 4 is 17.5 Å². The zero-order valence-corrected chi connectivity index (χ0v) is 14.9. The van der Waals surface area contributed by atoms with E-state index in [2.05, 4.69) is 12.0 Å². The van der Waals surface area contributed by atoms with Gasteiger partial charge < -0.3 is 4.90 Å². The third-order valence-electron chi connectivity index (χ3n) is 4.71. The zero-order valence-electron chi connectivity index (χ0n) is 14.1. The maximum absolute atomic E-state index is 12.3. The van der Waals surface area contributed by atoms with Crippen LogP contribution in [0.3, 0.4) is 0 Å². The highest BCUT2D eigenvalue weighted by molar-refractivity contribution is 6.30. The van der Waals surface area contributed by atoms with Crippen LogP contribution in [-0.2, 0) is 11.3 Å². The van der Waals surface area contributed by atoms with Crippen LogP contribution in [0.4, 0.5) is 0 Å². The largest absolute Gasteiger partial charge is 0.340 e. The van der Waals surface area contributed by atoms with Gasteiger partial charge in [0.05, 0.1) is 6.20 Å². The summed E-state index contributed by atoms with van der Waals surface area (Å²) < 4.78 is 1.91. The summed E-state index contributed by atoms with van der Waals surface area (Å²) in [4.78, 5) is 14.4. The number of halogens is 1. The molecule has 1 aromatic heterocycles. The molecule has 1 amide bonds. The third kappa shape index (κ3) is 4.18. The van der Waals surface area contributed by atoms with Crippen molar-refractivity contribution in [2.75, 3.05) is 6.54 Å². The molecule has 0 unspecified atom stereocenters. The van der Waals surface area contributed by atoms with Crippen LogP contribution in [0.15, 0.2) is 36.7 Å². The van der Waals surface area contributed by atoms with Crippen molar-refractivity contribution in [1.29, 1.82) is 0 Å². The molecule has 1 saturated heterocycles. The van der Waals surface area contributed by atoms with Crippen molar-refractivity contribution in [2.24, 2.45) is 0 Å². The fourth-order valence-electron chi connectivity index (χ4n) is 3.28. The predicted octanol–water partition coefficient (Wildman–Crippen LogP) is 4.38. The number of rotatable bonds is 5. The molecule has 1 atom stereocenters. The lowest BCUT2D eigenvalue weighted by Crippen LogP contribution is -2.41. The van der Waals surface area contributed by atoms with Crippen LogP contribution >= 0.6 is 11.6 Å². The van der Waals surface area contributed by atoms with Crippen molar-refractivity contribution in [3.63, 3.8) is 0 Å². The molecule has 3 rings (SSSR count). The van der Waals surface area contributed by atoms with Crippen LogP contribution in [0.5, 0.6) is 0 Å². The highest BCUT2D eigenvalue weighted by Crippen LogP contribution is 2.21. The molecule has 1 aliphatic rings. The molecule has 5 heteroatoms. The number of aryl methyl sites for hydroxylation is 1. The van der Waals surface area contributed by atoms with E-state index < -0.39 is 0 Å². The van der Waals surface area contributed by atoms with Gasteiger partial charge in [-0.3, -0.25) is 9.48 Å². The van der Waals surface area contributed by atoms with Gasteiger partial charge in [0.2, 0.25) is 5.91 Å². The van der Waals surface area contributed by atoms with E-state index in [1.807, 2.05) is 46.2 Å². The van der Waals surface area contributed by atoms with Gasteiger partial charge in [0.25, 0.3) is 0 Å². The summed E-state index contributed by atoms with van der Waals surface area (Å²) in [5, 5.41) is 5.13. The first-order valence-corrected chi connectivity index (χ1v) is 9.09. The van der Waals surface area contributed by atoms with E-state index in [1.54, 1.807) is 0 Å². The molecule has 24 heavy (non-hydrogen) atoms. The average Bonchev–Trinajstić information content (AvgIpc) is 3.04. The number of benzene rings is 1. The fourth-order valence-corrected chi connectivity index (χ4v) is 3.41. The zero-order chi connectivity index (χ0) is 16.9. The fraction of sp³-hybridized carbons (Fsp3) is 0.474. The molecule has 1 aliphatic heterocycles. The second-order valence-electron chi connectivity index (χ2n) is 6.53. The van der Waals surface area contributed by atoms with E-state index in [0.717, 1.165) is 48.5 Å². The molecule has 0 saturated carbocycles. The minimum absolute atomic E-state index is 0.285. The second-order valence-corrected chi connectivity index (χ2v) is 6.97. The lowest BCUT2D eigenvalue weighted by atomic mass is 10.0. The number of likely N-dealkylation sites (tertiary alicyclic amines) is 1. The molecule has 0 N–H and O–H groups in total. The number of amides is 1. The van der Waals surface area contributed by atoms with Crippen LogP contribution in [0.1, 0.15) is 39.0 Å². The molecule has 128 valence electrons. The summed E-state index contributed by atoms with van der Waals surface area (Å²) in [7, 11) is 0. The Morgan fingerprint density at radius 3 is 2.79 bits per heavy atom. The van der Waals surface area contributed by atoms with Gasteiger partial charge in [0, 0.05) is 42.3 Å². The number of piperidine rings is 1. The SMILES string of the molecule is C[C@@H]1CCCCN1C(=O)CCCn1cc(-c2ccc(Cl)cc2)cn1. The molecule has 0 aliphatic carbocycles. The van der Waals surface area contributed by atoms with Gasteiger partial charge >= 0.3 is 0 Å². The molecule has 4 nitrogen and oxygen atoms in total. The van der Waals surface area contributed by atoms with Crippen molar-refractivity contribution in [2.45, 2.75) is 51.6 Å². The van der Waals surface area contributed by atoms with Crippen LogP contribution in [-0.4, -0.2) is 33.2 Å². The van der Waals surface area contributed by atoms with E-state index in [-0.39, 0.29) is 5.91 Å². The van der Waals surface area contributed by atoms with Crippen molar-refractivity contribution < 1.29 is 4.79 Å². The monoisotopic (exact) mass is 345 g/mol. The summed E-state index contributed by atoms with van der Waals surface area (Å²) in [6.07, 6.45) is 8.82. The number of nitrogens with zero attached hydrogens (tertiary/aromatic N) is 3. The molecule has 0 bridgehead atoms. The standard InChI is InChI=1S/C19H24ClN3O/c1-15-5-2-3-12-23(15)19(24)6-4-11-22-14-17(13-21-22)16-7-9-18(20)10-8-16/h7-10,13-15H,2-6,11-12H2,1H3/t15-/m1/s1. The van der Waals surface area contributed by atoms with E-state index in [4.69, 9.17) is 11.6 Å². The molecular weight excluding hydrogens is 322 g/mol. The van der Waals surface area contributed by atoms with Gasteiger partial charge in [0.15, 0.2) is 0 Å². The van der Waals surface area contributed by atoms with Gasteiger partial charge in [-0.2, -0.15) is 5.10 Å². The molecule has 0 radical (unpaired) electrons. The molecule has 0 spiro atoms. The maximum atomic E-state index is 12.3. The Morgan fingerprint density at radius 2 is 2.04 bits per heavy atom. The number of carbonyl (C=O) groups is 1. The number of hydrogen-bond acceptors (Lipinski definition) is 2. The Labute approximate surface area is 148 Å². The third-order valence-corrected chi connectivity index (χ3v) is 4.96. The van der Waals surface area contributed by atoms with E-state index in [9.17, 15) is 4.79 Å². The predicted molar refractivity (Wildman–Crippen MR) is 96.9 cm³/mol. The Balaban J connectivity index is 1.50. The van der Waals surface area contributed by atoms with Gasteiger partial charge in [-0.15, -0.1) is 0 Å². The first-order chi connectivity index (χ1) is 11.6. The van der Waals surface area contributed by atoms with Gasteiger partial charge in [0.1, 0.15) is 0 Å². The number of aromatic nitrogens is 2. The van der Waals surface area contributed by atoms with Gasteiger partial charge in [-0.05, 0) is 50.3 Å². The first-order valence-electron chi connectivity index (χ1n) is 8.71. The van der Waals surface area contributed by atoms with E-state index >= 15 is 0 Å². The summed E-state index contributed by atoms with van der Waals surface area (Å²) in [6, 6.07) is 8.14. The smallest absolute Gasteiger partial charge is 0.222 e. The Hall–Kier alpha value is -1.81. The average molecular weight is 346 g/mol. The van der Waals surface area contributed by atoms with Crippen molar-refractivity contribution in [3.05, 3.63) is 41.7 Å². The lowest BCUT2D eigenvalue weighted by Gasteiger charge is -2.33. The Kier molecular flexibility index (Phi) is 5.56. The summed E-state index contributed by atoms with van der Waals surface area (Å²) in [5.74, 6) is 0.285. The topological polar surface area (TPSA) is 38.1 Å². The quantitative estimate of drug-likeness (QED) is 0.806. The Morgan fingerprint density at radius 1 is 1.25 bits per heavy atom. The first kappa shape index (κ1) is 17.0. The minimum atomic E-state index is 0.285. The highest BCUT2D eigenvalue weighted by atomic mass is 35.5. The molecule has 2 aromatic rings. The summed E-state index contributed by atoms with van der Waals surface area (Å²) >= 11 is 5.92. The van der Waals surface area contributed by atoms with E-state index in [0.29, 0.717) is 12.5 Å². The normalized spacial score (nSPS) is 17.9. The van der Waals surface area contributed by atoms with Gasteiger partial charge in [-0.1, -0.05) is 23.7 Å². The Bertz CT molecular complexity index is 680. The summed E-state index contributed by atoms with van der Waals surface area (Å²) in [5.41, 5.74) is 2.17. The summed E-state index contributed by atoms with van der Waals surface area (Å²) in [6.45, 7) is 3.84. The molecular formula is C19H24ClN3O. The van der Waals surface area contributed by atoms with Crippen molar-refractivity contribution in [1.82, 2.24) is 14.7 Å². The second kappa shape index (κ2) is 7.84. The van der Waals surface area contributed by atoms with Crippen LogP contribution < -0.4 is 0 Å². The number of hydrogen-bond donors (Lipinski definition) is 0. The highest BCUT2D eigenvalue weighted by Gasteiger charge is 2.22. The number of carbonyl (C=O) groups excluding carboxylic acids is 1. The van der Waals surface area contributed by atoms with Gasteiger partial charge in [-0.25, -0.2) is 0 Å². The van der Waals surface area contributed by atoms with Crippen LogP contribution in [0, 0.1) is 0 Å². The van der Waals surface area contributed by atoms with Crippen molar-refractivity contribution in [3.8, 4) is 11.1 Å². The van der Waals surface area contributed by atoms with Crippen LogP contribution in [0.25, 0.3) is 11.1 Å². The molecule has 1 fully saturated rings. The maximum Gasteiger partial charge on any atom is 0.222 e. The lowest BCUT2D eigenvalue weighted by molar-refractivity contribution is -0.134. The van der Waals surface area contributed by atoms with E-state index in [1.165, 1.54) is 6.42 Å². The minimum Gasteiger partial charge on any atom is -0.340 e. The molecule has 1 aromatic carbocycles.